The SMILES string of the molecule is CC1(C)C(=N)NC(c2ccc3sc4ccccc4c3c2)C[S+]1[O-]. The van der Waals surface area contributed by atoms with Gasteiger partial charge in [-0.25, -0.2) is 0 Å². The highest BCUT2D eigenvalue weighted by atomic mass is 32.2. The summed E-state index contributed by atoms with van der Waals surface area (Å²) in [5, 5.41) is 13.9. The summed E-state index contributed by atoms with van der Waals surface area (Å²) in [5.74, 6) is 0.908. The van der Waals surface area contributed by atoms with E-state index in [2.05, 4.69) is 47.8 Å². The van der Waals surface area contributed by atoms with Crippen molar-refractivity contribution >= 4 is 48.5 Å². The van der Waals surface area contributed by atoms with Crippen LogP contribution in [-0.4, -0.2) is 20.9 Å². The van der Waals surface area contributed by atoms with Crippen molar-refractivity contribution in [1.29, 1.82) is 5.41 Å². The van der Waals surface area contributed by atoms with E-state index in [-0.39, 0.29) is 6.04 Å². The number of hydrogen-bond donors (Lipinski definition) is 2. The van der Waals surface area contributed by atoms with Crippen LogP contribution in [0.15, 0.2) is 42.5 Å². The summed E-state index contributed by atoms with van der Waals surface area (Å²) in [6.45, 7) is 3.73. The lowest BCUT2D eigenvalue weighted by molar-refractivity contribution is 0.541. The molecule has 3 aromatic rings. The standard InChI is InChI=1S/C18H18N2OS2/c1-18(2)17(19)20-14(10-23(18)21)11-7-8-16-13(9-11)12-5-3-4-6-15(12)22-16/h3-9,14H,10H2,1-2H3,(H2,19,20). The van der Waals surface area contributed by atoms with Crippen molar-refractivity contribution in [2.75, 3.05) is 5.75 Å². The zero-order valence-corrected chi connectivity index (χ0v) is 14.7. The third-order valence-electron chi connectivity index (χ3n) is 4.61. The van der Waals surface area contributed by atoms with Gasteiger partial charge in [-0.05, 0) is 48.8 Å². The molecule has 0 saturated carbocycles. The Morgan fingerprint density at radius 1 is 1.17 bits per heavy atom. The van der Waals surface area contributed by atoms with Crippen molar-refractivity contribution in [2.45, 2.75) is 24.6 Å². The van der Waals surface area contributed by atoms with Gasteiger partial charge in [0, 0.05) is 20.2 Å². The molecule has 1 aliphatic heterocycles. The molecule has 2 atom stereocenters. The van der Waals surface area contributed by atoms with Crippen molar-refractivity contribution < 1.29 is 4.55 Å². The smallest absolute Gasteiger partial charge is 0.176 e. The van der Waals surface area contributed by atoms with Crippen molar-refractivity contribution in [2.24, 2.45) is 0 Å². The molecule has 4 rings (SSSR count). The molecule has 2 unspecified atom stereocenters. The van der Waals surface area contributed by atoms with Gasteiger partial charge in [0.05, 0.1) is 6.04 Å². The lowest BCUT2D eigenvalue weighted by Crippen LogP contribution is -2.56. The first-order valence-corrected chi connectivity index (χ1v) is 9.75. The number of nitrogens with one attached hydrogen (secondary N) is 2. The Hall–Kier alpha value is -1.56. The van der Waals surface area contributed by atoms with Gasteiger partial charge in [-0.2, -0.15) is 0 Å². The molecular formula is C18H18N2OS2. The Balaban J connectivity index is 1.78. The molecule has 0 amide bonds. The molecule has 0 bridgehead atoms. The summed E-state index contributed by atoms with van der Waals surface area (Å²) >= 11 is 0.748. The molecular weight excluding hydrogens is 324 g/mol. The highest BCUT2D eigenvalue weighted by molar-refractivity contribution is 7.93. The van der Waals surface area contributed by atoms with E-state index >= 15 is 0 Å². The monoisotopic (exact) mass is 342 g/mol. The first-order chi connectivity index (χ1) is 11.0. The number of hydrogen-bond acceptors (Lipinski definition) is 3. The van der Waals surface area contributed by atoms with Gasteiger partial charge < -0.3 is 9.87 Å². The molecule has 0 radical (unpaired) electrons. The van der Waals surface area contributed by atoms with Crippen molar-refractivity contribution in [3.8, 4) is 0 Å². The zero-order valence-electron chi connectivity index (χ0n) is 13.1. The van der Waals surface area contributed by atoms with Crippen LogP contribution in [0.5, 0.6) is 0 Å². The molecule has 2 aromatic carbocycles. The predicted octanol–water partition coefficient (Wildman–Crippen LogP) is 4.20. The van der Waals surface area contributed by atoms with Crippen LogP contribution in [0, 0.1) is 5.41 Å². The third-order valence-corrected chi connectivity index (χ3v) is 7.74. The fourth-order valence-corrected chi connectivity index (χ4v) is 5.37. The Morgan fingerprint density at radius 2 is 1.91 bits per heavy atom. The molecule has 1 fully saturated rings. The van der Waals surface area contributed by atoms with Crippen molar-refractivity contribution in [3.05, 3.63) is 48.0 Å². The molecule has 5 heteroatoms. The van der Waals surface area contributed by atoms with E-state index in [1.54, 1.807) is 11.3 Å². The lowest BCUT2D eigenvalue weighted by atomic mass is 10.0. The molecule has 0 aliphatic carbocycles. The van der Waals surface area contributed by atoms with Crippen LogP contribution >= 0.6 is 11.3 Å². The number of benzene rings is 2. The van der Waals surface area contributed by atoms with Crippen molar-refractivity contribution in [3.63, 3.8) is 0 Å². The lowest BCUT2D eigenvalue weighted by Gasteiger charge is -2.38. The van der Waals surface area contributed by atoms with Gasteiger partial charge in [0.15, 0.2) is 10.6 Å². The second kappa shape index (κ2) is 5.23. The molecule has 23 heavy (non-hydrogen) atoms. The van der Waals surface area contributed by atoms with Crippen LogP contribution < -0.4 is 5.32 Å². The van der Waals surface area contributed by atoms with Gasteiger partial charge in [-0.15, -0.1) is 11.3 Å². The highest BCUT2D eigenvalue weighted by Crippen LogP contribution is 2.36. The van der Waals surface area contributed by atoms with E-state index in [9.17, 15) is 4.55 Å². The quantitative estimate of drug-likeness (QED) is 0.651. The number of amidine groups is 1. The minimum Gasteiger partial charge on any atom is -0.616 e. The maximum atomic E-state index is 12.5. The van der Waals surface area contributed by atoms with E-state index in [1.165, 1.54) is 20.2 Å². The molecule has 1 aromatic heterocycles. The van der Waals surface area contributed by atoms with Gasteiger partial charge in [0.1, 0.15) is 5.75 Å². The van der Waals surface area contributed by atoms with Crippen LogP contribution in [0.2, 0.25) is 0 Å². The first kappa shape index (κ1) is 15.0. The Morgan fingerprint density at radius 3 is 2.70 bits per heavy atom. The highest BCUT2D eigenvalue weighted by Gasteiger charge is 2.44. The van der Waals surface area contributed by atoms with E-state index in [0.717, 1.165) is 5.56 Å². The van der Waals surface area contributed by atoms with Crippen LogP contribution in [0.1, 0.15) is 25.5 Å². The third kappa shape index (κ3) is 2.35. The molecule has 1 aliphatic rings. The molecule has 1 saturated heterocycles. The summed E-state index contributed by atoms with van der Waals surface area (Å²) in [6.07, 6.45) is 0. The molecule has 118 valence electrons. The summed E-state index contributed by atoms with van der Waals surface area (Å²) in [5.41, 5.74) is 1.11. The molecule has 2 heterocycles. The Kier molecular flexibility index (Phi) is 3.41. The number of fused-ring (bicyclic) bond motifs is 3. The average molecular weight is 342 g/mol. The minimum absolute atomic E-state index is 0.0561. The van der Waals surface area contributed by atoms with E-state index in [4.69, 9.17) is 5.41 Å². The predicted molar refractivity (Wildman–Crippen MR) is 100 cm³/mol. The van der Waals surface area contributed by atoms with Gasteiger partial charge >= 0.3 is 0 Å². The summed E-state index contributed by atoms with van der Waals surface area (Å²) in [6, 6.07) is 14.8. The molecule has 3 nitrogen and oxygen atoms in total. The minimum atomic E-state index is -1.05. The normalized spacial score (nSPS) is 24.0. The van der Waals surface area contributed by atoms with E-state index in [0.29, 0.717) is 11.6 Å². The molecule has 2 N–H and O–H groups in total. The van der Waals surface area contributed by atoms with E-state index in [1.807, 2.05) is 13.8 Å². The van der Waals surface area contributed by atoms with Gasteiger partial charge in [-0.3, -0.25) is 5.41 Å². The summed E-state index contributed by atoms with van der Waals surface area (Å²) in [4.78, 5) is 0. The number of thiophene rings is 1. The maximum absolute atomic E-state index is 12.5. The fourth-order valence-electron chi connectivity index (χ4n) is 3.00. The Bertz CT molecular complexity index is 916. The van der Waals surface area contributed by atoms with Crippen LogP contribution in [0.25, 0.3) is 20.2 Å². The van der Waals surface area contributed by atoms with Crippen LogP contribution in [0.3, 0.4) is 0 Å². The largest absolute Gasteiger partial charge is 0.616 e. The average Bonchev–Trinajstić information content (AvgIpc) is 2.90. The first-order valence-electron chi connectivity index (χ1n) is 7.62. The number of rotatable bonds is 1. The molecule has 0 spiro atoms. The Labute approximate surface area is 142 Å². The second-order valence-electron chi connectivity index (χ2n) is 6.45. The van der Waals surface area contributed by atoms with E-state index < -0.39 is 15.9 Å². The van der Waals surface area contributed by atoms with Gasteiger partial charge in [0.25, 0.3) is 0 Å². The van der Waals surface area contributed by atoms with Crippen LogP contribution in [-0.2, 0) is 11.2 Å². The zero-order chi connectivity index (χ0) is 16.2. The van der Waals surface area contributed by atoms with Crippen molar-refractivity contribution in [1.82, 2.24) is 5.32 Å². The summed E-state index contributed by atoms with van der Waals surface area (Å²) in [7, 11) is 0. The summed E-state index contributed by atoms with van der Waals surface area (Å²) < 4.78 is 14.4. The maximum Gasteiger partial charge on any atom is 0.176 e. The van der Waals surface area contributed by atoms with Gasteiger partial charge in [-0.1, -0.05) is 24.3 Å². The van der Waals surface area contributed by atoms with Gasteiger partial charge in [0.2, 0.25) is 0 Å². The fraction of sp³-hybridized carbons (Fsp3) is 0.278. The van der Waals surface area contributed by atoms with Crippen LogP contribution in [0.4, 0.5) is 0 Å². The second-order valence-corrected chi connectivity index (χ2v) is 9.58. The topological polar surface area (TPSA) is 58.9 Å².